The highest BCUT2D eigenvalue weighted by atomic mass is 16.5. The lowest BCUT2D eigenvalue weighted by Gasteiger charge is -2.06. The molecule has 0 aliphatic carbocycles. The SMILES string of the molecule is COc1ccc(CCCCN)c(C=O)c1. The molecule has 0 spiro atoms. The van der Waals surface area contributed by atoms with Gasteiger partial charge in [0.1, 0.15) is 12.0 Å². The Morgan fingerprint density at radius 3 is 2.80 bits per heavy atom. The van der Waals surface area contributed by atoms with Gasteiger partial charge in [0.2, 0.25) is 0 Å². The van der Waals surface area contributed by atoms with E-state index in [2.05, 4.69) is 0 Å². The smallest absolute Gasteiger partial charge is 0.150 e. The summed E-state index contributed by atoms with van der Waals surface area (Å²) in [6.45, 7) is 0.701. The van der Waals surface area contributed by atoms with Gasteiger partial charge in [-0.15, -0.1) is 0 Å². The molecule has 1 rings (SSSR count). The molecular weight excluding hydrogens is 190 g/mol. The number of carbonyl (C=O) groups excluding carboxylic acids is 1. The summed E-state index contributed by atoms with van der Waals surface area (Å²) in [6, 6.07) is 5.59. The summed E-state index contributed by atoms with van der Waals surface area (Å²) in [6.07, 6.45) is 3.78. The molecular formula is C12H17NO2. The van der Waals surface area contributed by atoms with Crippen molar-refractivity contribution in [3.63, 3.8) is 0 Å². The lowest BCUT2D eigenvalue weighted by atomic mass is 10.0. The van der Waals surface area contributed by atoms with Crippen LogP contribution >= 0.6 is 0 Å². The summed E-state index contributed by atoms with van der Waals surface area (Å²) >= 11 is 0. The van der Waals surface area contributed by atoms with Gasteiger partial charge < -0.3 is 10.5 Å². The topological polar surface area (TPSA) is 52.3 Å². The number of carbonyl (C=O) groups is 1. The molecule has 0 heterocycles. The lowest BCUT2D eigenvalue weighted by Crippen LogP contribution is -2.00. The zero-order valence-electron chi connectivity index (χ0n) is 9.03. The van der Waals surface area contributed by atoms with Crippen molar-refractivity contribution in [2.24, 2.45) is 5.73 Å². The highest BCUT2D eigenvalue weighted by Crippen LogP contribution is 2.17. The van der Waals surface area contributed by atoms with Crippen LogP contribution in [0.15, 0.2) is 18.2 Å². The molecule has 0 saturated heterocycles. The van der Waals surface area contributed by atoms with Crippen LogP contribution in [0, 0.1) is 0 Å². The number of ether oxygens (including phenoxy) is 1. The summed E-state index contributed by atoms with van der Waals surface area (Å²) in [5, 5.41) is 0. The molecule has 0 unspecified atom stereocenters. The second kappa shape index (κ2) is 6.19. The van der Waals surface area contributed by atoms with E-state index in [1.807, 2.05) is 12.1 Å². The Morgan fingerprint density at radius 1 is 1.40 bits per heavy atom. The Morgan fingerprint density at radius 2 is 2.20 bits per heavy atom. The number of unbranched alkanes of at least 4 members (excludes halogenated alkanes) is 1. The molecule has 0 radical (unpaired) electrons. The minimum absolute atomic E-state index is 0.701. The first-order valence-electron chi connectivity index (χ1n) is 5.14. The normalized spacial score (nSPS) is 10.0. The van der Waals surface area contributed by atoms with Crippen LogP contribution in [0.5, 0.6) is 5.75 Å². The van der Waals surface area contributed by atoms with Crippen LogP contribution in [0.2, 0.25) is 0 Å². The number of aryl methyl sites for hydroxylation is 1. The molecule has 0 bridgehead atoms. The van der Waals surface area contributed by atoms with Gasteiger partial charge in [0.15, 0.2) is 0 Å². The number of rotatable bonds is 6. The molecule has 0 aliphatic heterocycles. The van der Waals surface area contributed by atoms with Gasteiger partial charge >= 0.3 is 0 Å². The van der Waals surface area contributed by atoms with Crippen LogP contribution < -0.4 is 10.5 Å². The van der Waals surface area contributed by atoms with E-state index in [1.165, 1.54) is 0 Å². The molecule has 2 N–H and O–H groups in total. The molecule has 0 saturated carbocycles. The third kappa shape index (κ3) is 3.36. The largest absolute Gasteiger partial charge is 0.497 e. The molecule has 0 aliphatic rings. The van der Waals surface area contributed by atoms with E-state index in [4.69, 9.17) is 10.5 Å². The van der Waals surface area contributed by atoms with Gasteiger partial charge in [-0.3, -0.25) is 4.79 Å². The van der Waals surface area contributed by atoms with Gasteiger partial charge in [-0.2, -0.15) is 0 Å². The molecule has 1 aromatic rings. The summed E-state index contributed by atoms with van der Waals surface area (Å²) in [7, 11) is 1.60. The van der Waals surface area contributed by atoms with Crippen molar-refractivity contribution in [3.8, 4) is 5.75 Å². The first-order chi connectivity index (χ1) is 7.31. The minimum Gasteiger partial charge on any atom is -0.497 e. The van der Waals surface area contributed by atoms with Crippen molar-refractivity contribution in [2.75, 3.05) is 13.7 Å². The van der Waals surface area contributed by atoms with Crippen LogP contribution in [0.25, 0.3) is 0 Å². The van der Waals surface area contributed by atoms with E-state index < -0.39 is 0 Å². The van der Waals surface area contributed by atoms with Crippen molar-refractivity contribution < 1.29 is 9.53 Å². The maximum atomic E-state index is 10.8. The fourth-order valence-electron chi connectivity index (χ4n) is 1.50. The summed E-state index contributed by atoms with van der Waals surface area (Å²) in [5.41, 5.74) is 7.20. The average molecular weight is 207 g/mol. The maximum absolute atomic E-state index is 10.8. The number of hydrogen-bond donors (Lipinski definition) is 1. The van der Waals surface area contributed by atoms with E-state index in [-0.39, 0.29) is 0 Å². The van der Waals surface area contributed by atoms with Crippen LogP contribution in [-0.4, -0.2) is 19.9 Å². The van der Waals surface area contributed by atoms with Crippen molar-refractivity contribution in [1.82, 2.24) is 0 Å². The monoisotopic (exact) mass is 207 g/mol. The van der Waals surface area contributed by atoms with E-state index in [1.54, 1.807) is 13.2 Å². The first kappa shape index (κ1) is 11.7. The Kier molecular flexibility index (Phi) is 4.84. The van der Waals surface area contributed by atoms with E-state index in [0.717, 1.165) is 36.9 Å². The predicted molar refractivity (Wildman–Crippen MR) is 60.4 cm³/mol. The quantitative estimate of drug-likeness (QED) is 0.571. The van der Waals surface area contributed by atoms with E-state index in [9.17, 15) is 4.79 Å². The van der Waals surface area contributed by atoms with Gasteiger partial charge in [0.05, 0.1) is 7.11 Å². The van der Waals surface area contributed by atoms with Crippen LogP contribution in [-0.2, 0) is 6.42 Å². The second-order valence-electron chi connectivity index (χ2n) is 3.43. The molecule has 0 atom stereocenters. The maximum Gasteiger partial charge on any atom is 0.150 e. The van der Waals surface area contributed by atoms with Gasteiger partial charge in [0, 0.05) is 5.56 Å². The number of aldehydes is 1. The highest BCUT2D eigenvalue weighted by Gasteiger charge is 2.03. The zero-order chi connectivity index (χ0) is 11.1. The fourth-order valence-corrected chi connectivity index (χ4v) is 1.50. The Hall–Kier alpha value is -1.35. The first-order valence-corrected chi connectivity index (χ1v) is 5.14. The molecule has 0 fully saturated rings. The van der Waals surface area contributed by atoms with E-state index in [0.29, 0.717) is 12.1 Å². The van der Waals surface area contributed by atoms with Crippen molar-refractivity contribution in [1.29, 1.82) is 0 Å². The second-order valence-corrected chi connectivity index (χ2v) is 3.43. The van der Waals surface area contributed by atoms with Gasteiger partial charge in [-0.1, -0.05) is 6.07 Å². The average Bonchev–Trinajstić information content (AvgIpc) is 2.29. The Bertz CT molecular complexity index is 323. The van der Waals surface area contributed by atoms with Crippen molar-refractivity contribution in [2.45, 2.75) is 19.3 Å². The molecule has 0 amide bonds. The third-order valence-corrected chi connectivity index (χ3v) is 2.38. The van der Waals surface area contributed by atoms with Gasteiger partial charge in [0.25, 0.3) is 0 Å². The molecule has 1 aromatic carbocycles. The van der Waals surface area contributed by atoms with E-state index >= 15 is 0 Å². The molecule has 3 nitrogen and oxygen atoms in total. The number of hydrogen-bond acceptors (Lipinski definition) is 3. The van der Waals surface area contributed by atoms with Gasteiger partial charge in [-0.25, -0.2) is 0 Å². The zero-order valence-corrected chi connectivity index (χ0v) is 9.03. The summed E-state index contributed by atoms with van der Waals surface area (Å²) in [5.74, 6) is 0.722. The molecule has 0 aromatic heterocycles. The number of benzene rings is 1. The third-order valence-electron chi connectivity index (χ3n) is 2.38. The Balaban J connectivity index is 2.73. The highest BCUT2D eigenvalue weighted by molar-refractivity contribution is 5.78. The minimum atomic E-state index is 0.701. The molecule has 3 heteroatoms. The van der Waals surface area contributed by atoms with Crippen molar-refractivity contribution in [3.05, 3.63) is 29.3 Å². The molecule has 15 heavy (non-hydrogen) atoms. The van der Waals surface area contributed by atoms with Crippen LogP contribution in [0.1, 0.15) is 28.8 Å². The standard InChI is InChI=1S/C12H17NO2/c1-15-12-6-5-10(4-2-3-7-13)11(8-12)9-14/h5-6,8-9H,2-4,7,13H2,1H3. The summed E-state index contributed by atoms with van der Waals surface area (Å²) in [4.78, 5) is 10.8. The van der Waals surface area contributed by atoms with Crippen molar-refractivity contribution >= 4 is 6.29 Å². The lowest BCUT2D eigenvalue weighted by molar-refractivity contribution is 0.112. The fraction of sp³-hybridized carbons (Fsp3) is 0.417. The molecule has 82 valence electrons. The summed E-state index contributed by atoms with van der Waals surface area (Å²) < 4.78 is 5.06. The van der Waals surface area contributed by atoms with Crippen LogP contribution in [0.3, 0.4) is 0 Å². The number of methoxy groups -OCH3 is 1. The Labute approximate surface area is 90.2 Å². The number of nitrogens with two attached hydrogens (primary N) is 1. The van der Waals surface area contributed by atoms with Crippen LogP contribution in [0.4, 0.5) is 0 Å². The predicted octanol–water partition coefficient (Wildman–Crippen LogP) is 1.79. The van der Waals surface area contributed by atoms with Gasteiger partial charge in [-0.05, 0) is 43.5 Å².